The van der Waals surface area contributed by atoms with Gasteiger partial charge in [-0.2, -0.15) is 11.8 Å². The lowest BCUT2D eigenvalue weighted by molar-refractivity contribution is 0.254. The van der Waals surface area contributed by atoms with Crippen LogP contribution >= 0.6 is 23.1 Å². The van der Waals surface area contributed by atoms with E-state index in [1.54, 1.807) is 11.3 Å². The summed E-state index contributed by atoms with van der Waals surface area (Å²) in [5.74, 6) is 7.30. The van der Waals surface area contributed by atoms with Crippen molar-refractivity contribution in [2.75, 3.05) is 25.4 Å². The Labute approximate surface area is 124 Å². The van der Waals surface area contributed by atoms with Gasteiger partial charge in [0.25, 0.3) is 0 Å². The van der Waals surface area contributed by atoms with Gasteiger partial charge in [0.05, 0.1) is 11.5 Å². The van der Waals surface area contributed by atoms with E-state index in [1.807, 2.05) is 0 Å². The quantitative estimate of drug-likeness (QED) is 0.868. The summed E-state index contributed by atoms with van der Waals surface area (Å²) in [6.45, 7) is 8.16. The number of nitrogens with zero attached hydrogens (tertiary/aromatic N) is 1. The fourth-order valence-electron chi connectivity index (χ4n) is 2.21. The summed E-state index contributed by atoms with van der Waals surface area (Å²) >= 11 is 3.84. The largest absolute Gasteiger partial charge is 0.395 e. The van der Waals surface area contributed by atoms with E-state index < -0.39 is 0 Å². The summed E-state index contributed by atoms with van der Waals surface area (Å²) in [4.78, 5) is 5.03. The van der Waals surface area contributed by atoms with E-state index >= 15 is 0 Å². The number of aliphatic hydroxyl groups is 1. The fraction of sp³-hybridized carbons (Fsp3) is 0.600. The van der Waals surface area contributed by atoms with Crippen molar-refractivity contribution in [3.05, 3.63) is 21.9 Å². The van der Waals surface area contributed by atoms with Gasteiger partial charge < -0.3 is 5.11 Å². The predicted octanol–water partition coefficient (Wildman–Crippen LogP) is 2.81. The van der Waals surface area contributed by atoms with Gasteiger partial charge in [0, 0.05) is 41.4 Å². The maximum absolute atomic E-state index is 8.71. The van der Waals surface area contributed by atoms with Crippen molar-refractivity contribution >= 4 is 23.1 Å². The van der Waals surface area contributed by atoms with Gasteiger partial charge in [-0.25, -0.2) is 0 Å². The van der Waals surface area contributed by atoms with E-state index in [-0.39, 0.29) is 6.61 Å². The molecular formula is C15H21NOS2. The zero-order valence-electron chi connectivity index (χ0n) is 11.6. The molecule has 2 heterocycles. The third-order valence-corrected chi connectivity index (χ3v) is 5.28. The minimum Gasteiger partial charge on any atom is -0.395 e. The van der Waals surface area contributed by atoms with Gasteiger partial charge in [-0.15, -0.1) is 11.3 Å². The second kappa shape index (κ2) is 6.81. The van der Waals surface area contributed by atoms with Crippen molar-refractivity contribution < 1.29 is 5.11 Å². The molecule has 0 bridgehead atoms. The highest BCUT2D eigenvalue weighted by molar-refractivity contribution is 8.00. The summed E-state index contributed by atoms with van der Waals surface area (Å²) in [6.07, 6.45) is 0.560. The third kappa shape index (κ3) is 4.85. The summed E-state index contributed by atoms with van der Waals surface area (Å²) in [6, 6.07) is 4.27. The molecule has 0 atom stereocenters. The molecular weight excluding hydrogens is 274 g/mol. The molecule has 0 aliphatic carbocycles. The molecule has 2 nitrogen and oxygen atoms in total. The second-order valence-electron chi connectivity index (χ2n) is 5.36. The Morgan fingerprint density at radius 1 is 1.42 bits per heavy atom. The van der Waals surface area contributed by atoms with Crippen LogP contribution in [0.15, 0.2) is 12.1 Å². The van der Waals surface area contributed by atoms with Crippen molar-refractivity contribution in [1.82, 2.24) is 4.90 Å². The van der Waals surface area contributed by atoms with E-state index in [0.29, 0.717) is 11.2 Å². The standard InChI is InChI=1S/C15H21NOS2/c1-15(2)12-16(8-10-18-15)11-14-7-6-13(19-14)5-3-4-9-17/h6-7,17H,4,8-12H2,1-2H3. The van der Waals surface area contributed by atoms with Gasteiger partial charge in [-0.05, 0) is 26.0 Å². The Kier molecular flexibility index (Phi) is 5.35. The molecule has 1 aliphatic rings. The van der Waals surface area contributed by atoms with Crippen LogP contribution in [0.4, 0.5) is 0 Å². The lowest BCUT2D eigenvalue weighted by Gasteiger charge is -2.37. The number of thiophene rings is 1. The molecule has 1 aromatic rings. The minimum absolute atomic E-state index is 0.145. The number of rotatable bonds is 3. The molecule has 19 heavy (non-hydrogen) atoms. The van der Waals surface area contributed by atoms with Gasteiger partial charge in [-0.1, -0.05) is 11.8 Å². The zero-order valence-corrected chi connectivity index (χ0v) is 13.2. The Morgan fingerprint density at radius 3 is 3.00 bits per heavy atom. The highest BCUT2D eigenvalue weighted by atomic mass is 32.2. The summed E-state index contributed by atoms with van der Waals surface area (Å²) in [7, 11) is 0. The highest BCUT2D eigenvalue weighted by Crippen LogP contribution is 2.30. The first-order valence-corrected chi connectivity index (χ1v) is 8.44. The molecule has 0 radical (unpaired) electrons. The Morgan fingerprint density at radius 2 is 2.26 bits per heavy atom. The average molecular weight is 295 g/mol. The van der Waals surface area contributed by atoms with E-state index in [1.165, 1.54) is 17.2 Å². The molecule has 0 unspecified atom stereocenters. The van der Waals surface area contributed by atoms with Crippen LogP contribution in [0.2, 0.25) is 0 Å². The van der Waals surface area contributed by atoms with Gasteiger partial charge in [0.15, 0.2) is 0 Å². The first kappa shape index (κ1) is 14.9. The summed E-state index contributed by atoms with van der Waals surface area (Å²) in [5, 5.41) is 8.71. The molecule has 0 spiro atoms. The monoisotopic (exact) mass is 295 g/mol. The topological polar surface area (TPSA) is 23.5 Å². The molecule has 1 N–H and O–H groups in total. The average Bonchev–Trinajstić information content (AvgIpc) is 2.76. The van der Waals surface area contributed by atoms with Crippen molar-refractivity contribution in [1.29, 1.82) is 0 Å². The predicted molar refractivity (Wildman–Crippen MR) is 84.7 cm³/mol. The second-order valence-corrected chi connectivity index (χ2v) is 8.33. The van der Waals surface area contributed by atoms with E-state index in [0.717, 1.165) is 18.0 Å². The number of aliphatic hydroxyl groups excluding tert-OH is 1. The van der Waals surface area contributed by atoms with E-state index in [4.69, 9.17) is 5.11 Å². The van der Waals surface area contributed by atoms with Crippen LogP contribution in [-0.2, 0) is 6.54 Å². The Balaban J connectivity index is 1.91. The fourth-order valence-corrected chi connectivity index (χ4v) is 4.31. The van der Waals surface area contributed by atoms with Gasteiger partial charge >= 0.3 is 0 Å². The van der Waals surface area contributed by atoms with Crippen molar-refractivity contribution in [2.24, 2.45) is 0 Å². The van der Waals surface area contributed by atoms with Crippen LogP contribution < -0.4 is 0 Å². The highest BCUT2D eigenvalue weighted by Gasteiger charge is 2.26. The Bertz CT molecular complexity index is 470. The molecule has 1 fully saturated rings. The number of hydrogen-bond donors (Lipinski definition) is 1. The smallest absolute Gasteiger partial charge is 0.0771 e. The van der Waals surface area contributed by atoms with Crippen molar-refractivity contribution in [3.8, 4) is 11.8 Å². The molecule has 1 aromatic heterocycles. The van der Waals surface area contributed by atoms with Crippen LogP contribution in [0.3, 0.4) is 0 Å². The normalized spacial score (nSPS) is 18.9. The maximum Gasteiger partial charge on any atom is 0.0771 e. The first-order chi connectivity index (χ1) is 9.09. The lowest BCUT2D eigenvalue weighted by atomic mass is 10.2. The maximum atomic E-state index is 8.71. The van der Waals surface area contributed by atoms with E-state index in [9.17, 15) is 0 Å². The lowest BCUT2D eigenvalue weighted by Crippen LogP contribution is -2.42. The minimum atomic E-state index is 0.145. The third-order valence-electron chi connectivity index (χ3n) is 2.99. The molecule has 0 aromatic carbocycles. The van der Waals surface area contributed by atoms with Crippen LogP contribution in [0.1, 0.15) is 30.0 Å². The first-order valence-electron chi connectivity index (χ1n) is 6.64. The van der Waals surface area contributed by atoms with Crippen LogP contribution in [0.25, 0.3) is 0 Å². The molecule has 1 saturated heterocycles. The zero-order chi connectivity index (χ0) is 13.7. The molecule has 0 saturated carbocycles. The number of hydrogen-bond acceptors (Lipinski definition) is 4. The molecule has 4 heteroatoms. The molecule has 2 rings (SSSR count). The van der Waals surface area contributed by atoms with Crippen LogP contribution in [0.5, 0.6) is 0 Å². The van der Waals surface area contributed by atoms with Gasteiger partial charge in [0.2, 0.25) is 0 Å². The van der Waals surface area contributed by atoms with Crippen molar-refractivity contribution in [3.63, 3.8) is 0 Å². The van der Waals surface area contributed by atoms with Crippen LogP contribution in [0, 0.1) is 11.8 Å². The Hall–Kier alpha value is -0.470. The number of thioether (sulfide) groups is 1. The van der Waals surface area contributed by atoms with Gasteiger partial charge in [-0.3, -0.25) is 4.90 Å². The SMILES string of the molecule is CC1(C)CN(Cc2ccc(C#CCCO)s2)CCS1. The molecule has 104 valence electrons. The molecule has 0 amide bonds. The van der Waals surface area contributed by atoms with Crippen LogP contribution in [-0.4, -0.2) is 40.2 Å². The molecule has 1 aliphatic heterocycles. The van der Waals surface area contributed by atoms with Crippen molar-refractivity contribution in [2.45, 2.75) is 31.6 Å². The summed E-state index contributed by atoms with van der Waals surface area (Å²) in [5.41, 5.74) is 0. The summed E-state index contributed by atoms with van der Waals surface area (Å²) < 4.78 is 0.374. The van der Waals surface area contributed by atoms with Gasteiger partial charge in [0.1, 0.15) is 0 Å². The van der Waals surface area contributed by atoms with E-state index in [2.05, 4.69) is 54.5 Å².